The first-order valence-electron chi connectivity index (χ1n) is 5.49. The summed E-state index contributed by atoms with van der Waals surface area (Å²) in [4.78, 5) is 11.7. The standard InChI is InChI=1S/C13H13NO4/c15-9-3-4-11(12(16)8-9)13(17)14-6-5-10-2-1-7-18-10/h1-4,7-8,15-16H,5-6H2,(H,14,17). The highest BCUT2D eigenvalue weighted by Gasteiger charge is 2.11. The summed E-state index contributed by atoms with van der Waals surface area (Å²) in [5.41, 5.74) is 0.132. The monoisotopic (exact) mass is 247 g/mol. The number of nitrogens with one attached hydrogen (secondary N) is 1. The molecule has 3 N–H and O–H groups in total. The van der Waals surface area contributed by atoms with Gasteiger partial charge in [-0.3, -0.25) is 4.79 Å². The molecule has 0 atom stereocenters. The summed E-state index contributed by atoms with van der Waals surface area (Å²) in [5.74, 6) is 0.0643. The minimum absolute atomic E-state index is 0.0837. The van der Waals surface area contributed by atoms with Gasteiger partial charge in [0.1, 0.15) is 17.3 Å². The Morgan fingerprint density at radius 1 is 1.28 bits per heavy atom. The van der Waals surface area contributed by atoms with E-state index in [9.17, 15) is 9.90 Å². The lowest BCUT2D eigenvalue weighted by molar-refractivity contribution is 0.0951. The van der Waals surface area contributed by atoms with E-state index in [2.05, 4.69) is 5.32 Å². The Hall–Kier alpha value is -2.43. The molecule has 1 aromatic heterocycles. The fourth-order valence-electron chi connectivity index (χ4n) is 1.56. The van der Waals surface area contributed by atoms with E-state index in [1.54, 1.807) is 12.3 Å². The quantitative estimate of drug-likeness (QED) is 0.767. The Labute approximate surface area is 104 Å². The van der Waals surface area contributed by atoms with E-state index >= 15 is 0 Å². The number of hydrogen-bond donors (Lipinski definition) is 3. The molecule has 94 valence electrons. The zero-order chi connectivity index (χ0) is 13.0. The first-order valence-corrected chi connectivity index (χ1v) is 5.49. The van der Waals surface area contributed by atoms with Crippen molar-refractivity contribution in [2.24, 2.45) is 0 Å². The highest BCUT2D eigenvalue weighted by Crippen LogP contribution is 2.22. The van der Waals surface area contributed by atoms with Gasteiger partial charge in [-0.2, -0.15) is 0 Å². The third kappa shape index (κ3) is 2.82. The average molecular weight is 247 g/mol. The maximum atomic E-state index is 11.7. The molecular weight excluding hydrogens is 234 g/mol. The van der Waals surface area contributed by atoms with Crippen LogP contribution in [0.3, 0.4) is 0 Å². The van der Waals surface area contributed by atoms with Gasteiger partial charge in [-0.25, -0.2) is 0 Å². The second kappa shape index (κ2) is 5.27. The summed E-state index contributed by atoms with van der Waals surface area (Å²) >= 11 is 0. The Morgan fingerprint density at radius 3 is 2.78 bits per heavy atom. The summed E-state index contributed by atoms with van der Waals surface area (Å²) in [6.45, 7) is 0.409. The van der Waals surface area contributed by atoms with Crippen LogP contribution in [0, 0.1) is 0 Å². The topological polar surface area (TPSA) is 82.7 Å². The smallest absolute Gasteiger partial charge is 0.255 e. The zero-order valence-corrected chi connectivity index (χ0v) is 9.59. The Kier molecular flexibility index (Phi) is 3.52. The number of hydrogen-bond acceptors (Lipinski definition) is 4. The number of rotatable bonds is 4. The highest BCUT2D eigenvalue weighted by atomic mass is 16.3. The molecule has 1 amide bonds. The molecule has 0 unspecified atom stereocenters. The van der Waals surface area contributed by atoms with Crippen molar-refractivity contribution < 1.29 is 19.4 Å². The van der Waals surface area contributed by atoms with Gasteiger partial charge in [-0.1, -0.05) is 0 Å². The van der Waals surface area contributed by atoms with Gasteiger partial charge in [-0.15, -0.1) is 0 Å². The van der Waals surface area contributed by atoms with E-state index in [0.717, 1.165) is 11.8 Å². The summed E-state index contributed by atoms with van der Waals surface area (Å²) in [7, 11) is 0. The largest absolute Gasteiger partial charge is 0.508 e. The van der Waals surface area contributed by atoms with Crippen molar-refractivity contribution in [3.05, 3.63) is 47.9 Å². The minimum atomic E-state index is -0.390. The zero-order valence-electron chi connectivity index (χ0n) is 9.59. The molecular formula is C13H13NO4. The normalized spacial score (nSPS) is 10.2. The number of aromatic hydroxyl groups is 2. The van der Waals surface area contributed by atoms with Gasteiger partial charge in [0, 0.05) is 19.0 Å². The third-order valence-electron chi connectivity index (χ3n) is 2.46. The van der Waals surface area contributed by atoms with Crippen molar-refractivity contribution >= 4 is 5.91 Å². The summed E-state index contributed by atoms with van der Waals surface area (Å²) in [6, 6.07) is 7.45. The van der Waals surface area contributed by atoms with Crippen LogP contribution in [0.2, 0.25) is 0 Å². The molecule has 0 radical (unpaired) electrons. The highest BCUT2D eigenvalue weighted by molar-refractivity contribution is 5.96. The van der Waals surface area contributed by atoms with Gasteiger partial charge in [0.2, 0.25) is 0 Å². The van der Waals surface area contributed by atoms with E-state index in [-0.39, 0.29) is 23.0 Å². The van der Waals surface area contributed by atoms with Crippen molar-refractivity contribution in [1.29, 1.82) is 0 Å². The molecule has 0 saturated carbocycles. The number of carbonyl (C=O) groups excluding carboxylic acids is 1. The van der Waals surface area contributed by atoms with Crippen LogP contribution in [0.25, 0.3) is 0 Å². The minimum Gasteiger partial charge on any atom is -0.508 e. The van der Waals surface area contributed by atoms with Crippen LogP contribution in [-0.2, 0) is 6.42 Å². The van der Waals surface area contributed by atoms with Crippen molar-refractivity contribution in [3.8, 4) is 11.5 Å². The molecule has 0 aliphatic heterocycles. The van der Waals surface area contributed by atoms with Crippen LogP contribution in [0.1, 0.15) is 16.1 Å². The van der Waals surface area contributed by atoms with Crippen molar-refractivity contribution in [1.82, 2.24) is 5.32 Å². The lowest BCUT2D eigenvalue weighted by Crippen LogP contribution is -2.25. The lowest BCUT2D eigenvalue weighted by Gasteiger charge is -2.06. The Morgan fingerprint density at radius 2 is 2.11 bits per heavy atom. The molecule has 2 aromatic rings. The van der Waals surface area contributed by atoms with E-state index in [4.69, 9.17) is 9.52 Å². The van der Waals surface area contributed by atoms with E-state index in [0.29, 0.717) is 13.0 Å². The number of benzene rings is 1. The summed E-state index contributed by atoms with van der Waals surface area (Å²) < 4.78 is 5.13. The van der Waals surface area contributed by atoms with Crippen LogP contribution in [0.15, 0.2) is 41.0 Å². The molecule has 1 aromatic carbocycles. The molecule has 1 heterocycles. The second-order valence-electron chi connectivity index (χ2n) is 3.79. The lowest BCUT2D eigenvalue weighted by atomic mass is 10.1. The van der Waals surface area contributed by atoms with E-state index in [1.807, 2.05) is 6.07 Å². The van der Waals surface area contributed by atoms with Gasteiger partial charge in [0.25, 0.3) is 5.91 Å². The predicted molar refractivity (Wildman–Crippen MR) is 64.5 cm³/mol. The van der Waals surface area contributed by atoms with Gasteiger partial charge in [0.15, 0.2) is 0 Å². The molecule has 2 rings (SSSR count). The predicted octanol–water partition coefficient (Wildman–Crippen LogP) is 1.66. The number of furan rings is 1. The van der Waals surface area contributed by atoms with Crippen molar-refractivity contribution in [2.75, 3.05) is 6.54 Å². The van der Waals surface area contributed by atoms with Crippen LogP contribution >= 0.6 is 0 Å². The molecule has 0 aliphatic carbocycles. The van der Waals surface area contributed by atoms with Crippen molar-refractivity contribution in [2.45, 2.75) is 6.42 Å². The van der Waals surface area contributed by atoms with Gasteiger partial charge < -0.3 is 19.9 Å². The van der Waals surface area contributed by atoms with Crippen LogP contribution < -0.4 is 5.32 Å². The number of carbonyl (C=O) groups is 1. The van der Waals surface area contributed by atoms with Crippen LogP contribution in [-0.4, -0.2) is 22.7 Å². The van der Waals surface area contributed by atoms with Crippen molar-refractivity contribution in [3.63, 3.8) is 0 Å². The Balaban J connectivity index is 1.91. The van der Waals surface area contributed by atoms with Gasteiger partial charge >= 0.3 is 0 Å². The second-order valence-corrected chi connectivity index (χ2v) is 3.79. The molecule has 0 fully saturated rings. The van der Waals surface area contributed by atoms with Gasteiger partial charge in [0.05, 0.1) is 11.8 Å². The van der Waals surface area contributed by atoms with E-state index < -0.39 is 0 Å². The molecule has 5 nitrogen and oxygen atoms in total. The molecule has 18 heavy (non-hydrogen) atoms. The van der Waals surface area contributed by atoms with Gasteiger partial charge in [-0.05, 0) is 24.3 Å². The molecule has 0 bridgehead atoms. The number of amides is 1. The first-order chi connectivity index (χ1) is 8.66. The van der Waals surface area contributed by atoms with E-state index in [1.165, 1.54) is 12.1 Å². The molecule has 5 heteroatoms. The number of phenolic OH excluding ortho intramolecular Hbond substituents is 2. The summed E-state index contributed by atoms with van der Waals surface area (Å²) in [6.07, 6.45) is 2.15. The molecule has 0 saturated heterocycles. The third-order valence-corrected chi connectivity index (χ3v) is 2.46. The average Bonchev–Trinajstić information content (AvgIpc) is 2.81. The first kappa shape index (κ1) is 12.0. The summed E-state index contributed by atoms with van der Waals surface area (Å²) in [5, 5.41) is 21.3. The number of phenols is 2. The fraction of sp³-hybridized carbons (Fsp3) is 0.154. The Bertz CT molecular complexity index is 534. The SMILES string of the molecule is O=C(NCCc1ccco1)c1ccc(O)cc1O. The maximum absolute atomic E-state index is 11.7. The molecule has 0 spiro atoms. The van der Waals surface area contributed by atoms with Crippen LogP contribution in [0.5, 0.6) is 11.5 Å². The maximum Gasteiger partial charge on any atom is 0.255 e. The van der Waals surface area contributed by atoms with Crippen LogP contribution in [0.4, 0.5) is 0 Å². The molecule has 0 aliphatic rings. The fourth-order valence-corrected chi connectivity index (χ4v) is 1.56.